The zero-order valence-corrected chi connectivity index (χ0v) is 13.9. The van der Waals surface area contributed by atoms with Gasteiger partial charge in [-0.1, -0.05) is 30.3 Å². The van der Waals surface area contributed by atoms with Crippen LogP contribution >= 0.6 is 0 Å². The molecular weight excluding hydrogens is 315 g/mol. The van der Waals surface area contributed by atoms with Gasteiger partial charge in [0.05, 0.1) is 11.4 Å². The third-order valence-corrected chi connectivity index (χ3v) is 4.85. The molecule has 1 saturated heterocycles. The van der Waals surface area contributed by atoms with Gasteiger partial charge in [0.2, 0.25) is 0 Å². The van der Waals surface area contributed by atoms with Gasteiger partial charge >= 0.3 is 0 Å². The number of halogens is 1. The molecule has 3 aromatic rings. The second kappa shape index (κ2) is 6.78. The Kier molecular flexibility index (Phi) is 4.34. The van der Waals surface area contributed by atoms with Gasteiger partial charge in [-0.25, -0.2) is 9.07 Å². The van der Waals surface area contributed by atoms with E-state index in [0.717, 1.165) is 31.0 Å². The number of rotatable bonds is 4. The van der Waals surface area contributed by atoms with Crippen molar-refractivity contribution >= 4 is 0 Å². The first-order valence-electron chi connectivity index (χ1n) is 8.52. The van der Waals surface area contributed by atoms with Crippen LogP contribution in [0.1, 0.15) is 17.2 Å². The van der Waals surface area contributed by atoms with Gasteiger partial charge in [0.1, 0.15) is 5.82 Å². The molecule has 0 bridgehead atoms. The standard InChI is InChI=1S/C20H21FN4/c21-16-6-8-17(9-7-16)25-18(10-11-23-25)12-24-13-19(20(22)14-24)15-4-2-1-3-5-15/h1-11,19-20H,12-14,22H2/t19-,20+/m0/s1. The molecule has 128 valence electrons. The Morgan fingerprint density at radius 2 is 1.76 bits per heavy atom. The molecule has 2 aromatic carbocycles. The van der Waals surface area contributed by atoms with Crippen LogP contribution in [0.15, 0.2) is 66.9 Å². The Hall–Kier alpha value is -2.50. The van der Waals surface area contributed by atoms with E-state index in [2.05, 4.69) is 34.3 Å². The highest BCUT2D eigenvalue weighted by Crippen LogP contribution is 2.27. The molecule has 5 heteroatoms. The van der Waals surface area contributed by atoms with E-state index < -0.39 is 0 Å². The summed E-state index contributed by atoms with van der Waals surface area (Å²) in [6.07, 6.45) is 1.78. The minimum atomic E-state index is -0.242. The van der Waals surface area contributed by atoms with Gasteiger partial charge in [-0.05, 0) is 35.9 Å². The number of likely N-dealkylation sites (tertiary alicyclic amines) is 1. The summed E-state index contributed by atoms with van der Waals surface area (Å²) in [6, 6.07) is 19.0. The highest BCUT2D eigenvalue weighted by Gasteiger charge is 2.31. The van der Waals surface area contributed by atoms with Crippen molar-refractivity contribution in [1.29, 1.82) is 0 Å². The molecule has 0 amide bonds. The summed E-state index contributed by atoms with van der Waals surface area (Å²) in [4.78, 5) is 2.36. The number of nitrogens with two attached hydrogens (primary N) is 1. The molecule has 2 atom stereocenters. The highest BCUT2D eigenvalue weighted by molar-refractivity contribution is 5.33. The summed E-state index contributed by atoms with van der Waals surface area (Å²) in [6.45, 7) is 2.56. The van der Waals surface area contributed by atoms with Crippen LogP contribution in [0.3, 0.4) is 0 Å². The fraction of sp³-hybridized carbons (Fsp3) is 0.250. The first-order chi connectivity index (χ1) is 12.2. The number of benzene rings is 2. The van der Waals surface area contributed by atoms with Crippen LogP contribution in [-0.4, -0.2) is 33.8 Å². The molecule has 1 aliphatic rings. The molecule has 2 N–H and O–H groups in total. The summed E-state index contributed by atoms with van der Waals surface area (Å²) in [7, 11) is 0. The van der Waals surface area contributed by atoms with Crippen molar-refractivity contribution in [1.82, 2.24) is 14.7 Å². The lowest BCUT2D eigenvalue weighted by atomic mass is 9.95. The maximum absolute atomic E-state index is 13.2. The minimum absolute atomic E-state index is 0.129. The molecule has 4 rings (SSSR count). The Bertz CT molecular complexity index is 828. The van der Waals surface area contributed by atoms with Crippen LogP contribution in [-0.2, 0) is 6.54 Å². The summed E-state index contributed by atoms with van der Waals surface area (Å²) in [5, 5.41) is 4.39. The van der Waals surface area contributed by atoms with E-state index in [1.165, 1.54) is 17.7 Å². The largest absolute Gasteiger partial charge is 0.326 e. The number of hydrogen-bond acceptors (Lipinski definition) is 3. The molecule has 0 radical (unpaired) electrons. The van der Waals surface area contributed by atoms with E-state index in [0.29, 0.717) is 5.92 Å². The maximum Gasteiger partial charge on any atom is 0.123 e. The van der Waals surface area contributed by atoms with E-state index >= 15 is 0 Å². The van der Waals surface area contributed by atoms with Crippen LogP contribution < -0.4 is 5.73 Å². The lowest BCUT2D eigenvalue weighted by Gasteiger charge is -2.17. The van der Waals surface area contributed by atoms with Gasteiger partial charge in [-0.2, -0.15) is 5.10 Å². The number of hydrogen-bond donors (Lipinski definition) is 1. The van der Waals surface area contributed by atoms with Crippen LogP contribution in [0.25, 0.3) is 5.69 Å². The van der Waals surface area contributed by atoms with Gasteiger partial charge in [0.15, 0.2) is 0 Å². The highest BCUT2D eigenvalue weighted by atomic mass is 19.1. The molecule has 1 aromatic heterocycles. The van der Waals surface area contributed by atoms with Crippen LogP contribution in [0.2, 0.25) is 0 Å². The molecule has 4 nitrogen and oxygen atoms in total. The second-order valence-electron chi connectivity index (χ2n) is 6.59. The number of nitrogens with zero attached hydrogens (tertiary/aromatic N) is 3. The molecule has 2 heterocycles. The molecule has 0 aliphatic carbocycles. The van der Waals surface area contributed by atoms with E-state index in [-0.39, 0.29) is 11.9 Å². The van der Waals surface area contributed by atoms with Gasteiger partial charge in [0.25, 0.3) is 0 Å². The number of aromatic nitrogens is 2. The quantitative estimate of drug-likeness (QED) is 0.797. The van der Waals surface area contributed by atoms with Crippen molar-refractivity contribution < 1.29 is 4.39 Å². The summed E-state index contributed by atoms with van der Waals surface area (Å²) >= 11 is 0. The lowest BCUT2D eigenvalue weighted by molar-refractivity contribution is 0.316. The maximum atomic E-state index is 13.2. The van der Waals surface area contributed by atoms with E-state index in [4.69, 9.17) is 5.73 Å². The Labute approximate surface area is 146 Å². The van der Waals surface area contributed by atoms with Gasteiger partial charge in [-0.15, -0.1) is 0 Å². The second-order valence-corrected chi connectivity index (χ2v) is 6.59. The molecule has 0 saturated carbocycles. The summed E-state index contributed by atoms with van der Waals surface area (Å²) in [5.74, 6) is 0.108. The average Bonchev–Trinajstić information content (AvgIpc) is 3.23. The van der Waals surface area contributed by atoms with Crippen LogP contribution in [0, 0.1) is 5.82 Å². The molecular formula is C20H21FN4. The first kappa shape index (κ1) is 16.0. The molecule has 1 aliphatic heterocycles. The van der Waals surface area contributed by atoms with Crippen molar-refractivity contribution in [3.63, 3.8) is 0 Å². The molecule has 1 fully saturated rings. The normalized spacial score (nSPS) is 20.9. The molecule has 25 heavy (non-hydrogen) atoms. The zero-order valence-electron chi connectivity index (χ0n) is 13.9. The van der Waals surface area contributed by atoms with Crippen molar-refractivity contribution in [3.05, 3.63) is 83.9 Å². The van der Waals surface area contributed by atoms with Gasteiger partial charge < -0.3 is 5.73 Å². The van der Waals surface area contributed by atoms with E-state index in [1.807, 2.05) is 16.8 Å². The lowest BCUT2D eigenvalue weighted by Crippen LogP contribution is -2.29. The molecule has 0 spiro atoms. The minimum Gasteiger partial charge on any atom is -0.326 e. The van der Waals surface area contributed by atoms with Crippen LogP contribution in [0.4, 0.5) is 4.39 Å². The summed E-state index contributed by atoms with van der Waals surface area (Å²) in [5.41, 5.74) is 9.63. The third-order valence-electron chi connectivity index (χ3n) is 4.85. The third kappa shape index (κ3) is 3.34. The van der Waals surface area contributed by atoms with Gasteiger partial charge in [0, 0.05) is 37.8 Å². The van der Waals surface area contributed by atoms with Crippen molar-refractivity contribution in [2.75, 3.05) is 13.1 Å². The Morgan fingerprint density at radius 3 is 2.52 bits per heavy atom. The topological polar surface area (TPSA) is 47.1 Å². The van der Waals surface area contributed by atoms with E-state index in [1.54, 1.807) is 18.3 Å². The Balaban J connectivity index is 1.51. The van der Waals surface area contributed by atoms with Crippen molar-refractivity contribution in [2.45, 2.75) is 18.5 Å². The van der Waals surface area contributed by atoms with Gasteiger partial charge in [-0.3, -0.25) is 4.90 Å². The van der Waals surface area contributed by atoms with E-state index in [9.17, 15) is 4.39 Å². The molecule has 0 unspecified atom stereocenters. The predicted octanol–water partition coefficient (Wildman–Crippen LogP) is 2.94. The fourth-order valence-electron chi connectivity index (χ4n) is 3.59. The monoisotopic (exact) mass is 336 g/mol. The average molecular weight is 336 g/mol. The predicted molar refractivity (Wildman–Crippen MR) is 96.0 cm³/mol. The van der Waals surface area contributed by atoms with Crippen LogP contribution in [0.5, 0.6) is 0 Å². The zero-order chi connectivity index (χ0) is 17.2. The smallest absolute Gasteiger partial charge is 0.123 e. The fourth-order valence-corrected chi connectivity index (χ4v) is 3.59. The SMILES string of the molecule is N[C@@H]1CN(Cc2ccnn2-c2ccc(F)cc2)C[C@H]1c1ccccc1. The van der Waals surface area contributed by atoms with Crippen molar-refractivity contribution in [2.24, 2.45) is 5.73 Å². The Morgan fingerprint density at radius 1 is 1.00 bits per heavy atom. The first-order valence-corrected chi connectivity index (χ1v) is 8.52. The summed E-state index contributed by atoms with van der Waals surface area (Å²) < 4.78 is 15.0. The van der Waals surface area contributed by atoms with Crippen molar-refractivity contribution in [3.8, 4) is 5.69 Å².